The van der Waals surface area contributed by atoms with Gasteiger partial charge in [0.05, 0.1) is 25.9 Å². The van der Waals surface area contributed by atoms with Crippen LogP contribution in [0.1, 0.15) is 36.8 Å². The average Bonchev–Trinajstić information content (AvgIpc) is 3.37. The van der Waals surface area contributed by atoms with Gasteiger partial charge in [-0.2, -0.15) is 18.4 Å². The SMILES string of the molecule is COc1ccc([C@@]23CC[C@@H](NC(=O)Nc4ccc(-c5cccc(C#N)c5)cc4)C[C@@H]2N(C)CC3)cc1OC.O=C(O)C(F)(F)F. The number of alkyl halides is 3. The fourth-order valence-electron chi connectivity index (χ4n) is 6.26. The van der Waals surface area contributed by atoms with Crippen molar-refractivity contribution in [1.29, 1.82) is 5.26 Å². The Bertz CT molecular complexity index is 1560. The Hall–Kier alpha value is -4.76. The van der Waals surface area contributed by atoms with E-state index in [1.165, 1.54) is 5.56 Å². The summed E-state index contributed by atoms with van der Waals surface area (Å²) in [5.41, 5.74) is 4.65. The molecule has 12 heteroatoms. The molecule has 45 heavy (non-hydrogen) atoms. The summed E-state index contributed by atoms with van der Waals surface area (Å²) in [5.74, 6) is -1.25. The van der Waals surface area contributed by atoms with Gasteiger partial charge in [0.1, 0.15) is 0 Å². The Morgan fingerprint density at radius 1 is 1.00 bits per heavy atom. The molecule has 1 saturated carbocycles. The number of halogens is 3. The van der Waals surface area contributed by atoms with Crippen LogP contribution in [-0.4, -0.2) is 68.1 Å². The number of rotatable bonds is 6. The van der Waals surface area contributed by atoms with Crippen molar-refractivity contribution >= 4 is 17.7 Å². The number of nitriles is 1. The molecular weight excluding hydrogens is 589 g/mol. The molecule has 1 heterocycles. The Morgan fingerprint density at radius 2 is 1.69 bits per heavy atom. The summed E-state index contributed by atoms with van der Waals surface area (Å²) in [7, 11) is 5.52. The minimum atomic E-state index is -5.08. The number of carbonyl (C=O) groups is 2. The van der Waals surface area contributed by atoms with Gasteiger partial charge in [-0.3, -0.25) is 0 Å². The smallest absolute Gasteiger partial charge is 0.490 e. The number of nitrogens with zero attached hydrogens (tertiary/aromatic N) is 2. The van der Waals surface area contributed by atoms with Gasteiger partial charge in [0, 0.05) is 23.2 Å². The third-order valence-electron chi connectivity index (χ3n) is 8.53. The van der Waals surface area contributed by atoms with Crippen LogP contribution in [0.3, 0.4) is 0 Å². The molecule has 5 rings (SSSR count). The second-order valence-corrected chi connectivity index (χ2v) is 11.1. The topological polar surface area (TPSA) is 124 Å². The van der Waals surface area contributed by atoms with Crippen molar-refractivity contribution in [2.24, 2.45) is 0 Å². The Morgan fingerprint density at radius 3 is 2.31 bits per heavy atom. The lowest BCUT2D eigenvalue weighted by Crippen LogP contribution is -2.52. The van der Waals surface area contributed by atoms with Crippen molar-refractivity contribution in [3.05, 3.63) is 77.9 Å². The molecule has 9 nitrogen and oxygen atoms in total. The van der Waals surface area contributed by atoms with Crippen LogP contribution in [0.5, 0.6) is 11.5 Å². The maximum Gasteiger partial charge on any atom is 0.490 e. The van der Waals surface area contributed by atoms with Gasteiger partial charge in [-0.05, 0) is 92.4 Å². The molecule has 3 aromatic carbocycles. The normalized spacial score (nSPS) is 20.9. The summed E-state index contributed by atoms with van der Waals surface area (Å²) < 4.78 is 42.8. The van der Waals surface area contributed by atoms with Gasteiger partial charge in [-0.15, -0.1) is 0 Å². The molecule has 238 valence electrons. The largest absolute Gasteiger partial charge is 0.493 e. The van der Waals surface area contributed by atoms with E-state index < -0.39 is 12.1 Å². The number of nitrogens with one attached hydrogen (secondary N) is 2. The molecule has 3 aromatic rings. The number of aliphatic carboxylic acids is 1. The molecule has 0 aromatic heterocycles. The lowest BCUT2D eigenvalue weighted by molar-refractivity contribution is -0.192. The molecule has 2 fully saturated rings. The van der Waals surface area contributed by atoms with E-state index in [4.69, 9.17) is 24.6 Å². The molecule has 1 aliphatic heterocycles. The van der Waals surface area contributed by atoms with E-state index in [0.29, 0.717) is 11.6 Å². The lowest BCUT2D eigenvalue weighted by Gasteiger charge is -2.45. The molecule has 0 spiro atoms. The molecule has 1 aliphatic carbocycles. The number of amides is 2. The summed E-state index contributed by atoms with van der Waals surface area (Å²) in [4.78, 5) is 24.2. The van der Waals surface area contributed by atoms with Crippen LogP contribution in [0.4, 0.5) is 23.7 Å². The molecule has 3 N–H and O–H groups in total. The molecule has 0 unspecified atom stereocenters. The van der Waals surface area contributed by atoms with E-state index in [9.17, 15) is 18.0 Å². The number of fused-ring (bicyclic) bond motifs is 1. The minimum Gasteiger partial charge on any atom is -0.493 e. The summed E-state index contributed by atoms with van der Waals surface area (Å²) in [6.07, 6.45) is -1.18. The number of carboxylic acid groups (broad SMARTS) is 1. The van der Waals surface area contributed by atoms with Crippen molar-refractivity contribution in [2.75, 3.05) is 33.1 Å². The third kappa shape index (κ3) is 7.67. The first-order chi connectivity index (χ1) is 21.4. The summed E-state index contributed by atoms with van der Waals surface area (Å²) in [5, 5.41) is 22.5. The van der Waals surface area contributed by atoms with Crippen molar-refractivity contribution in [3.63, 3.8) is 0 Å². The standard InChI is InChI=1S/C31H34N4O3.C2HF3O2/c1-35-16-15-31(24-9-12-27(37-2)28(18-24)38-3)14-13-26(19-29(31)35)34-30(36)33-25-10-7-22(8-11-25)23-6-4-5-21(17-23)20-32;3-2(4,5)1(6)7/h4-12,17-18,26,29H,13-16,19H2,1-3H3,(H2,33,34,36);(H,6,7)/t26-,29+,31+;/m1./s1. The molecular formula is C33H35F3N4O5. The number of benzene rings is 3. The summed E-state index contributed by atoms with van der Waals surface area (Å²) in [6, 6.07) is 23.9. The van der Waals surface area contributed by atoms with Gasteiger partial charge in [0.15, 0.2) is 11.5 Å². The van der Waals surface area contributed by atoms with Crippen LogP contribution in [0.25, 0.3) is 11.1 Å². The molecule has 2 aliphatic rings. The van der Waals surface area contributed by atoms with E-state index in [2.05, 4.69) is 40.8 Å². The molecule has 2 amide bonds. The number of urea groups is 1. The average molecular weight is 625 g/mol. The number of methoxy groups -OCH3 is 2. The maximum absolute atomic E-state index is 12.9. The highest BCUT2D eigenvalue weighted by Gasteiger charge is 2.50. The van der Waals surface area contributed by atoms with Crippen LogP contribution in [0, 0.1) is 11.3 Å². The van der Waals surface area contributed by atoms with Crippen molar-refractivity contribution in [1.82, 2.24) is 10.2 Å². The van der Waals surface area contributed by atoms with E-state index >= 15 is 0 Å². The maximum atomic E-state index is 12.9. The zero-order valence-electron chi connectivity index (χ0n) is 25.1. The predicted octanol–water partition coefficient (Wildman–Crippen LogP) is 6.19. The molecule has 0 radical (unpaired) electrons. The fraction of sp³-hybridized carbons (Fsp3) is 0.364. The molecule has 1 saturated heterocycles. The fourth-order valence-corrected chi connectivity index (χ4v) is 6.26. The second-order valence-electron chi connectivity index (χ2n) is 11.1. The van der Waals surface area contributed by atoms with Crippen molar-refractivity contribution in [3.8, 4) is 28.7 Å². The van der Waals surface area contributed by atoms with Crippen LogP contribution in [-0.2, 0) is 10.2 Å². The number of likely N-dealkylation sites (tertiary alicyclic amines) is 1. The van der Waals surface area contributed by atoms with Crippen LogP contribution in [0.15, 0.2) is 66.7 Å². The number of hydrogen-bond acceptors (Lipinski definition) is 6. The summed E-state index contributed by atoms with van der Waals surface area (Å²) in [6.45, 7) is 1.03. The first kappa shape index (κ1) is 33.1. The second kappa shape index (κ2) is 13.9. The number of carboxylic acids is 1. The third-order valence-corrected chi connectivity index (χ3v) is 8.53. The van der Waals surface area contributed by atoms with Gasteiger partial charge in [-0.1, -0.05) is 30.3 Å². The van der Waals surface area contributed by atoms with E-state index in [-0.39, 0.29) is 17.5 Å². The van der Waals surface area contributed by atoms with Crippen LogP contribution >= 0.6 is 0 Å². The summed E-state index contributed by atoms with van der Waals surface area (Å²) >= 11 is 0. The number of carbonyl (C=O) groups excluding carboxylic acids is 1. The highest BCUT2D eigenvalue weighted by Crippen LogP contribution is 2.49. The number of ether oxygens (including phenoxy) is 2. The number of likely N-dealkylation sites (N-methyl/N-ethyl adjacent to an activating group) is 1. The van der Waals surface area contributed by atoms with Crippen molar-refractivity contribution in [2.45, 2.75) is 49.4 Å². The van der Waals surface area contributed by atoms with E-state index in [1.54, 1.807) is 20.3 Å². The predicted molar refractivity (Wildman–Crippen MR) is 162 cm³/mol. The highest BCUT2D eigenvalue weighted by molar-refractivity contribution is 5.89. The van der Waals surface area contributed by atoms with Crippen molar-refractivity contribution < 1.29 is 37.3 Å². The minimum absolute atomic E-state index is 0.0433. The van der Waals surface area contributed by atoms with Crippen LogP contribution < -0.4 is 20.1 Å². The van der Waals surface area contributed by atoms with Gasteiger partial charge in [0.25, 0.3) is 0 Å². The number of hydrogen-bond donors (Lipinski definition) is 3. The van der Waals surface area contributed by atoms with Gasteiger partial charge in [-0.25, -0.2) is 9.59 Å². The van der Waals surface area contributed by atoms with Crippen LogP contribution in [0.2, 0.25) is 0 Å². The van der Waals surface area contributed by atoms with E-state index in [1.807, 2.05) is 48.5 Å². The number of anilines is 1. The van der Waals surface area contributed by atoms with Gasteiger partial charge < -0.3 is 30.1 Å². The van der Waals surface area contributed by atoms with Gasteiger partial charge in [0.2, 0.25) is 0 Å². The monoisotopic (exact) mass is 624 g/mol. The Kier molecular flexibility index (Phi) is 10.2. The Labute approximate surface area is 259 Å². The highest BCUT2D eigenvalue weighted by atomic mass is 19.4. The van der Waals surface area contributed by atoms with Gasteiger partial charge >= 0.3 is 18.2 Å². The quantitative estimate of drug-likeness (QED) is 0.299. The zero-order chi connectivity index (χ0) is 32.8. The first-order valence-electron chi connectivity index (χ1n) is 14.3. The first-order valence-corrected chi connectivity index (χ1v) is 14.3. The van der Waals surface area contributed by atoms with E-state index in [0.717, 1.165) is 60.5 Å². The Balaban J connectivity index is 0.000000591. The molecule has 3 atom stereocenters. The zero-order valence-corrected chi connectivity index (χ0v) is 25.1. The molecule has 0 bridgehead atoms. The lowest BCUT2D eigenvalue weighted by atomic mass is 9.65.